The predicted molar refractivity (Wildman–Crippen MR) is 19.4 cm³/mol. The molecule has 1 amide bonds. The van der Waals surface area contributed by atoms with Gasteiger partial charge in [0.2, 0.25) is 5.91 Å². The van der Waals surface area contributed by atoms with Crippen molar-refractivity contribution >= 4 is 5.91 Å². The van der Waals surface area contributed by atoms with Crippen molar-refractivity contribution in [2.24, 2.45) is 5.73 Å². The molecule has 0 radical (unpaired) electrons. The van der Waals surface area contributed by atoms with Crippen molar-refractivity contribution in [1.29, 1.82) is 5.26 Å². The molecule has 0 aromatic heterocycles. The number of amides is 1. The van der Waals surface area contributed by atoms with E-state index in [-0.39, 0.29) is 6.42 Å². The van der Waals surface area contributed by atoms with Gasteiger partial charge in [0.15, 0.2) is 0 Å². The van der Waals surface area contributed by atoms with Crippen LogP contribution in [0.15, 0.2) is 0 Å². The van der Waals surface area contributed by atoms with Crippen LogP contribution in [-0.2, 0) is 4.79 Å². The van der Waals surface area contributed by atoms with Crippen molar-refractivity contribution in [3.8, 4) is 6.07 Å². The molecule has 0 aliphatic carbocycles. The highest BCUT2D eigenvalue weighted by Crippen LogP contribution is 1.64. The Morgan fingerprint density at radius 2 is 2.50 bits per heavy atom. The number of primary amides is 1. The number of hydrogen-bond acceptors (Lipinski definition) is 2. The van der Waals surface area contributed by atoms with Gasteiger partial charge in [-0.2, -0.15) is 5.26 Å². The van der Waals surface area contributed by atoms with Gasteiger partial charge in [0, 0.05) is 0 Å². The summed E-state index contributed by atoms with van der Waals surface area (Å²) in [7, 11) is 0. The quantitative estimate of drug-likeness (QED) is 0.462. The zero-order valence-electron chi connectivity index (χ0n) is 3.14. The Morgan fingerprint density at radius 3 is 2.50 bits per heavy atom. The minimum atomic E-state index is -0.572. The van der Waals surface area contributed by atoms with E-state index >= 15 is 0 Å². The molecule has 0 aliphatic heterocycles. The second-order valence-electron chi connectivity index (χ2n) is 0.801. The monoisotopic (exact) mass is 86.0 g/mol. The van der Waals surface area contributed by atoms with E-state index in [0.717, 1.165) is 0 Å². The maximum atomic E-state index is 9.60. The van der Waals surface area contributed by atoms with Gasteiger partial charge in [0.05, 0.1) is 6.07 Å². The van der Waals surface area contributed by atoms with Gasteiger partial charge < -0.3 is 5.73 Å². The summed E-state index contributed by atoms with van der Waals surface area (Å²) in [5.41, 5.74) is 4.54. The Balaban J connectivity index is 3.13. The number of nitriles is 1. The van der Waals surface area contributed by atoms with Crippen molar-refractivity contribution in [2.45, 2.75) is 6.42 Å². The highest BCUT2D eigenvalue weighted by atomic mass is 16.1. The molecule has 6 heavy (non-hydrogen) atoms. The van der Waals surface area contributed by atoms with Crippen LogP contribution in [0.3, 0.4) is 0 Å². The molecule has 0 heterocycles. The van der Waals surface area contributed by atoms with Crippen LogP contribution in [-0.4, -0.2) is 5.91 Å². The van der Waals surface area contributed by atoms with Crippen LogP contribution in [0.1, 0.15) is 6.42 Å². The first-order chi connectivity index (χ1) is 2.77. The number of rotatable bonds is 1. The lowest BCUT2D eigenvalue weighted by Crippen LogP contribution is -2.07. The lowest BCUT2D eigenvalue weighted by molar-refractivity contribution is -0.117. The fourth-order valence-corrected chi connectivity index (χ4v) is 0.0779. The second-order valence-corrected chi connectivity index (χ2v) is 0.801. The number of carbonyl (C=O) groups excluding carboxylic acids is 1. The number of nitrogens with two attached hydrogens (primary N) is 1. The first-order valence-electron chi connectivity index (χ1n) is 1.42. The molecule has 0 aromatic rings. The molecule has 0 unspecified atom stereocenters. The minimum absolute atomic E-state index is 0.181. The molecule has 0 bridgehead atoms. The van der Waals surface area contributed by atoms with Crippen molar-refractivity contribution in [1.82, 2.24) is 0 Å². The van der Waals surface area contributed by atoms with E-state index in [1.165, 1.54) is 0 Å². The second kappa shape index (κ2) is 2.21. The average molecular weight is 86.1 g/mol. The van der Waals surface area contributed by atoms with Crippen LogP contribution in [0.25, 0.3) is 0 Å². The van der Waals surface area contributed by atoms with Gasteiger partial charge in [-0.1, -0.05) is 0 Å². The van der Waals surface area contributed by atoms with Gasteiger partial charge in [0.25, 0.3) is 0 Å². The first-order valence-corrected chi connectivity index (χ1v) is 1.42. The lowest BCUT2D eigenvalue weighted by Gasteiger charge is -1.71. The minimum Gasteiger partial charge on any atom is -0.369 e. The molecule has 0 aliphatic rings. The molecule has 3 nitrogen and oxygen atoms in total. The largest absolute Gasteiger partial charge is 0.369 e. The molecular formula is C3H4N2O. The van der Waals surface area contributed by atoms with E-state index in [2.05, 4.69) is 5.73 Å². The summed E-state index contributed by atoms with van der Waals surface area (Å²) in [6, 6.07) is 1.59. The van der Waals surface area contributed by atoms with Crippen molar-refractivity contribution in [3.05, 3.63) is 0 Å². The van der Waals surface area contributed by atoms with Gasteiger partial charge in [0.1, 0.15) is 6.42 Å². The highest BCUT2D eigenvalue weighted by molar-refractivity contribution is 5.75. The van der Waals surface area contributed by atoms with Crippen molar-refractivity contribution in [2.75, 3.05) is 0 Å². The molecule has 0 spiro atoms. The maximum Gasteiger partial charge on any atom is 0.231 e. The van der Waals surface area contributed by atoms with Crippen molar-refractivity contribution < 1.29 is 4.79 Å². The van der Waals surface area contributed by atoms with E-state index in [1.54, 1.807) is 6.07 Å². The SMILES string of the molecule is N#[14C]CC(N)=O. The van der Waals surface area contributed by atoms with Crippen LogP contribution in [0, 0.1) is 11.3 Å². The Hall–Kier alpha value is -1.04. The topological polar surface area (TPSA) is 66.9 Å². The molecule has 0 aromatic carbocycles. The van der Waals surface area contributed by atoms with Crippen LogP contribution in [0.4, 0.5) is 0 Å². The third kappa shape index (κ3) is 2.96. The molecule has 0 fully saturated rings. The van der Waals surface area contributed by atoms with E-state index in [9.17, 15) is 4.79 Å². The summed E-state index contributed by atoms with van der Waals surface area (Å²) in [5, 5.41) is 7.69. The summed E-state index contributed by atoms with van der Waals surface area (Å²) in [6.45, 7) is 0. The Kier molecular flexibility index (Phi) is 1.83. The van der Waals surface area contributed by atoms with Gasteiger partial charge in [-0.15, -0.1) is 0 Å². The molecule has 3 heteroatoms. The lowest BCUT2D eigenvalue weighted by atomic mass is 10.7. The van der Waals surface area contributed by atoms with E-state index in [0.29, 0.717) is 0 Å². The molecule has 2 N–H and O–H groups in total. The van der Waals surface area contributed by atoms with E-state index in [4.69, 9.17) is 5.26 Å². The molecule has 0 saturated carbocycles. The van der Waals surface area contributed by atoms with Gasteiger partial charge >= 0.3 is 0 Å². The van der Waals surface area contributed by atoms with Crippen molar-refractivity contribution in [3.63, 3.8) is 0 Å². The number of nitrogens with zero attached hydrogens (tertiary/aromatic N) is 1. The third-order valence-corrected chi connectivity index (χ3v) is 0.253. The molecule has 32 valence electrons. The Morgan fingerprint density at radius 1 is 2.00 bits per heavy atom. The van der Waals surface area contributed by atoms with Crippen LogP contribution < -0.4 is 5.73 Å². The smallest absolute Gasteiger partial charge is 0.231 e. The molecule has 0 rings (SSSR count). The zero-order valence-corrected chi connectivity index (χ0v) is 3.14. The first kappa shape index (κ1) is 4.96. The number of carbonyl (C=O) groups is 1. The summed E-state index contributed by atoms with van der Waals surface area (Å²) in [6.07, 6.45) is -0.181. The fourth-order valence-electron chi connectivity index (χ4n) is 0.0779. The van der Waals surface area contributed by atoms with Gasteiger partial charge in [-0.05, 0) is 0 Å². The van der Waals surface area contributed by atoms with Gasteiger partial charge in [-0.3, -0.25) is 4.79 Å². The van der Waals surface area contributed by atoms with Crippen LogP contribution in [0.5, 0.6) is 0 Å². The summed E-state index contributed by atoms with van der Waals surface area (Å²) < 4.78 is 0. The number of hydrogen-bond donors (Lipinski definition) is 1. The predicted octanol–water partition coefficient (Wildman–Crippen LogP) is -0.615. The van der Waals surface area contributed by atoms with Crippen LogP contribution in [0.2, 0.25) is 0 Å². The maximum absolute atomic E-state index is 9.60. The zero-order chi connectivity index (χ0) is 4.99. The highest BCUT2D eigenvalue weighted by Gasteiger charge is 1.84. The summed E-state index contributed by atoms with van der Waals surface area (Å²) >= 11 is 0. The average Bonchev–Trinajstić information content (AvgIpc) is 1.35. The molecular weight excluding hydrogens is 82.0 g/mol. The Labute approximate surface area is 35.4 Å². The molecule has 0 saturated heterocycles. The van der Waals surface area contributed by atoms with Gasteiger partial charge in [-0.25, -0.2) is 0 Å². The standard InChI is InChI=1S/C3H4N2O/c4-2-1-3(5)6/h1H2,(H2,5,6)/i2+2. The van der Waals surface area contributed by atoms with E-state index in [1.807, 2.05) is 0 Å². The summed E-state index contributed by atoms with van der Waals surface area (Å²) in [5.74, 6) is -0.572. The third-order valence-electron chi connectivity index (χ3n) is 0.253. The van der Waals surface area contributed by atoms with E-state index < -0.39 is 5.91 Å². The normalized spacial score (nSPS) is 6.50. The summed E-state index contributed by atoms with van der Waals surface area (Å²) in [4.78, 5) is 9.60. The Bertz CT molecular complexity index is 91.5. The fraction of sp³-hybridized carbons (Fsp3) is 0.333. The van der Waals surface area contributed by atoms with Crippen LogP contribution >= 0.6 is 0 Å². The molecule has 0 atom stereocenters.